The Morgan fingerprint density at radius 2 is 2.40 bits per heavy atom. The Morgan fingerprint density at radius 1 is 1.60 bits per heavy atom. The van der Waals surface area contributed by atoms with E-state index in [4.69, 9.17) is 4.74 Å². The molecule has 0 amide bonds. The van der Waals surface area contributed by atoms with E-state index in [1.807, 2.05) is 6.92 Å². The number of nitrogens with zero attached hydrogens (tertiary/aromatic N) is 4. The van der Waals surface area contributed by atoms with Gasteiger partial charge in [0.15, 0.2) is 5.82 Å². The van der Waals surface area contributed by atoms with Gasteiger partial charge in [-0.15, -0.1) is 10.2 Å². The minimum Gasteiger partial charge on any atom is -0.376 e. The molecule has 6 nitrogen and oxygen atoms in total. The summed E-state index contributed by atoms with van der Waals surface area (Å²) in [6.45, 7) is 8.35. The second kappa shape index (κ2) is 6.26. The van der Waals surface area contributed by atoms with Crippen molar-refractivity contribution in [1.29, 1.82) is 0 Å². The van der Waals surface area contributed by atoms with Gasteiger partial charge >= 0.3 is 0 Å². The highest BCUT2D eigenvalue weighted by molar-refractivity contribution is 4.87. The highest BCUT2D eigenvalue weighted by Gasteiger charge is 1.98. The zero-order valence-corrected chi connectivity index (χ0v) is 9.23. The SMILES string of the molecule is C=C(C)COCCNCc1nnn(C)n1. The van der Waals surface area contributed by atoms with Crippen LogP contribution in [0.25, 0.3) is 0 Å². The lowest BCUT2D eigenvalue weighted by atomic mass is 10.4. The zero-order valence-electron chi connectivity index (χ0n) is 9.23. The molecule has 15 heavy (non-hydrogen) atoms. The van der Waals surface area contributed by atoms with E-state index in [2.05, 4.69) is 27.3 Å². The molecule has 0 spiro atoms. The summed E-state index contributed by atoms with van der Waals surface area (Å²) in [7, 11) is 1.74. The van der Waals surface area contributed by atoms with Crippen LogP contribution < -0.4 is 5.32 Å². The van der Waals surface area contributed by atoms with Gasteiger partial charge in [0.25, 0.3) is 0 Å². The number of hydrogen-bond donors (Lipinski definition) is 1. The molecular weight excluding hydrogens is 194 g/mol. The third-order valence-corrected chi connectivity index (χ3v) is 1.60. The van der Waals surface area contributed by atoms with Gasteiger partial charge < -0.3 is 10.1 Å². The molecular formula is C9H17N5O. The van der Waals surface area contributed by atoms with Crippen molar-refractivity contribution in [2.75, 3.05) is 19.8 Å². The highest BCUT2D eigenvalue weighted by Crippen LogP contribution is 1.87. The zero-order chi connectivity index (χ0) is 11.1. The van der Waals surface area contributed by atoms with Gasteiger partial charge in [-0.1, -0.05) is 12.2 Å². The van der Waals surface area contributed by atoms with Gasteiger partial charge in [0.1, 0.15) is 0 Å². The molecule has 0 aliphatic carbocycles. The summed E-state index contributed by atoms with van der Waals surface area (Å²) in [4.78, 5) is 1.44. The molecule has 1 aromatic rings. The Balaban J connectivity index is 2.00. The number of ether oxygens (including phenoxy) is 1. The summed E-state index contributed by atoms with van der Waals surface area (Å²) in [6.07, 6.45) is 0. The van der Waals surface area contributed by atoms with Crippen LogP contribution in [-0.2, 0) is 18.3 Å². The second-order valence-electron chi connectivity index (χ2n) is 3.38. The molecule has 6 heteroatoms. The average molecular weight is 211 g/mol. The van der Waals surface area contributed by atoms with E-state index in [1.54, 1.807) is 7.05 Å². The fourth-order valence-electron chi connectivity index (χ4n) is 0.985. The molecule has 0 aromatic carbocycles. The van der Waals surface area contributed by atoms with Gasteiger partial charge in [0.05, 0.1) is 26.8 Å². The van der Waals surface area contributed by atoms with Crippen molar-refractivity contribution < 1.29 is 4.74 Å². The number of hydrogen-bond acceptors (Lipinski definition) is 5. The smallest absolute Gasteiger partial charge is 0.188 e. The predicted octanol–water partition coefficient (Wildman–Crippen LogP) is -0.108. The topological polar surface area (TPSA) is 64.9 Å². The first-order chi connectivity index (χ1) is 7.18. The number of tetrazole rings is 1. The van der Waals surface area contributed by atoms with E-state index >= 15 is 0 Å². The van der Waals surface area contributed by atoms with Crippen molar-refractivity contribution in [3.63, 3.8) is 0 Å². The molecule has 0 bridgehead atoms. The Bertz CT molecular complexity index is 309. The summed E-state index contributed by atoms with van der Waals surface area (Å²) in [5, 5.41) is 14.8. The maximum atomic E-state index is 5.31. The van der Waals surface area contributed by atoms with Crippen molar-refractivity contribution in [2.24, 2.45) is 7.05 Å². The normalized spacial score (nSPS) is 10.5. The highest BCUT2D eigenvalue weighted by atomic mass is 16.5. The van der Waals surface area contributed by atoms with Crippen LogP contribution in [0, 0.1) is 0 Å². The van der Waals surface area contributed by atoms with Gasteiger partial charge in [0, 0.05) is 6.54 Å². The molecule has 0 aliphatic heterocycles. The van der Waals surface area contributed by atoms with Crippen LogP contribution in [0.1, 0.15) is 12.7 Å². The molecule has 0 saturated carbocycles. The van der Waals surface area contributed by atoms with Crippen LogP contribution in [0.3, 0.4) is 0 Å². The molecule has 0 unspecified atom stereocenters. The van der Waals surface area contributed by atoms with Crippen molar-refractivity contribution in [2.45, 2.75) is 13.5 Å². The number of nitrogens with one attached hydrogen (secondary N) is 1. The standard InChI is InChI=1S/C9H17N5O/c1-8(2)7-15-5-4-10-6-9-11-13-14(3)12-9/h10H,1,4-7H2,2-3H3. The summed E-state index contributed by atoms with van der Waals surface area (Å²) in [6, 6.07) is 0. The van der Waals surface area contributed by atoms with Crippen LogP contribution in [0.4, 0.5) is 0 Å². The van der Waals surface area contributed by atoms with Crippen LogP contribution in [0.2, 0.25) is 0 Å². The molecule has 0 fully saturated rings. The van der Waals surface area contributed by atoms with E-state index in [0.29, 0.717) is 25.6 Å². The predicted molar refractivity (Wildman–Crippen MR) is 56.1 cm³/mol. The summed E-state index contributed by atoms with van der Waals surface area (Å²) < 4.78 is 5.31. The quantitative estimate of drug-likeness (QED) is 0.503. The number of aryl methyl sites for hydroxylation is 1. The van der Waals surface area contributed by atoms with Gasteiger partial charge in [0.2, 0.25) is 0 Å². The van der Waals surface area contributed by atoms with E-state index in [0.717, 1.165) is 12.1 Å². The molecule has 1 aromatic heterocycles. The van der Waals surface area contributed by atoms with Gasteiger partial charge in [-0.3, -0.25) is 0 Å². The Kier molecular flexibility index (Phi) is 4.92. The molecule has 1 rings (SSSR count). The Morgan fingerprint density at radius 3 is 3.00 bits per heavy atom. The molecule has 0 aliphatic rings. The third-order valence-electron chi connectivity index (χ3n) is 1.60. The lowest BCUT2D eigenvalue weighted by molar-refractivity contribution is 0.157. The summed E-state index contributed by atoms with van der Waals surface area (Å²) in [5.74, 6) is 0.692. The van der Waals surface area contributed by atoms with Crippen molar-refractivity contribution >= 4 is 0 Å². The fraction of sp³-hybridized carbons (Fsp3) is 0.667. The van der Waals surface area contributed by atoms with E-state index in [-0.39, 0.29) is 0 Å². The molecule has 1 N–H and O–H groups in total. The Labute approximate surface area is 89.3 Å². The van der Waals surface area contributed by atoms with Crippen LogP contribution in [0.15, 0.2) is 12.2 Å². The summed E-state index contributed by atoms with van der Waals surface area (Å²) in [5.41, 5.74) is 1.03. The van der Waals surface area contributed by atoms with E-state index in [1.165, 1.54) is 4.80 Å². The largest absolute Gasteiger partial charge is 0.376 e. The van der Waals surface area contributed by atoms with Gasteiger partial charge in [-0.2, -0.15) is 4.80 Å². The number of rotatable bonds is 7. The minimum absolute atomic E-state index is 0.615. The Hall–Kier alpha value is -1.27. The van der Waals surface area contributed by atoms with Gasteiger partial charge in [-0.25, -0.2) is 0 Å². The van der Waals surface area contributed by atoms with Crippen LogP contribution in [0.5, 0.6) is 0 Å². The van der Waals surface area contributed by atoms with Crippen molar-refractivity contribution in [3.8, 4) is 0 Å². The van der Waals surface area contributed by atoms with Crippen molar-refractivity contribution in [1.82, 2.24) is 25.5 Å². The second-order valence-corrected chi connectivity index (χ2v) is 3.38. The molecule has 84 valence electrons. The molecule has 0 atom stereocenters. The maximum Gasteiger partial charge on any atom is 0.188 e. The van der Waals surface area contributed by atoms with E-state index < -0.39 is 0 Å². The monoisotopic (exact) mass is 211 g/mol. The maximum absolute atomic E-state index is 5.31. The lowest BCUT2D eigenvalue weighted by Gasteiger charge is -2.03. The first-order valence-electron chi connectivity index (χ1n) is 4.84. The first-order valence-corrected chi connectivity index (χ1v) is 4.84. The average Bonchev–Trinajstić information content (AvgIpc) is 2.57. The summed E-state index contributed by atoms with van der Waals surface area (Å²) >= 11 is 0. The fourth-order valence-corrected chi connectivity index (χ4v) is 0.985. The first kappa shape index (κ1) is 11.8. The minimum atomic E-state index is 0.615. The lowest BCUT2D eigenvalue weighted by Crippen LogP contribution is -2.20. The molecule has 1 heterocycles. The van der Waals surface area contributed by atoms with Crippen LogP contribution in [-0.4, -0.2) is 40.0 Å². The van der Waals surface area contributed by atoms with Crippen LogP contribution >= 0.6 is 0 Å². The van der Waals surface area contributed by atoms with E-state index in [9.17, 15) is 0 Å². The third kappa shape index (κ3) is 5.24. The van der Waals surface area contributed by atoms with Gasteiger partial charge in [-0.05, 0) is 12.1 Å². The van der Waals surface area contributed by atoms with Crippen molar-refractivity contribution in [3.05, 3.63) is 18.0 Å². The molecule has 0 radical (unpaired) electrons. The number of aromatic nitrogens is 4. The molecule has 0 saturated heterocycles.